The molecule has 0 saturated heterocycles. The van der Waals surface area contributed by atoms with Crippen molar-refractivity contribution in [3.05, 3.63) is 88.0 Å². The Bertz CT molecular complexity index is 1710. The van der Waals surface area contributed by atoms with Crippen LogP contribution >= 0.6 is 0 Å². The predicted molar refractivity (Wildman–Crippen MR) is 367 cm³/mol. The highest BCUT2D eigenvalue weighted by atomic mass is 32.2. The van der Waals surface area contributed by atoms with Gasteiger partial charge in [-0.2, -0.15) is 0 Å². The summed E-state index contributed by atoms with van der Waals surface area (Å²) >= 11 is 0. The third kappa shape index (κ3) is 39.6. The van der Waals surface area contributed by atoms with Gasteiger partial charge in [-0.05, 0) is 100 Å². The van der Waals surface area contributed by atoms with Crippen molar-refractivity contribution in [1.82, 2.24) is 0 Å². The van der Waals surface area contributed by atoms with Gasteiger partial charge in [0, 0.05) is 22.3 Å². The zero-order valence-electron chi connectivity index (χ0n) is 56.1. The zero-order chi connectivity index (χ0) is 59.9. The number of hydrogen-bond donors (Lipinski definition) is 1. The van der Waals surface area contributed by atoms with Crippen LogP contribution in [0.5, 0.6) is 0 Å². The van der Waals surface area contributed by atoms with Gasteiger partial charge in [0.2, 0.25) is 6.16 Å². The number of hydrogen-bond acceptors (Lipinski definition) is 2. The van der Waals surface area contributed by atoms with Crippen molar-refractivity contribution >= 4 is 17.1 Å². The first kappa shape index (κ1) is 76.4. The molecule has 4 heteroatoms. The van der Waals surface area contributed by atoms with Crippen LogP contribution in [-0.2, 0) is 49.4 Å². The Labute approximate surface area is 520 Å². The molecule has 0 aromatic heterocycles. The van der Waals surface area contributed by atoms with E-state index < -0.39 is 6.16 Å². The van der Waals surface area contributed by atoms with Gasteiger partial charge in [0.25, 0.3) is 0 Å². The van der Waals surface area contributed by atoms with Gasteiger partial charge in [0.1, 0.15) is 10.9 Å². The van der Waals surface area contributed by atoms with E-state index in [0.29, 0.717) is 0 Å². The number of rotatable bonds is 57. The lowest BCUT2D eigenvalue weighted by molar-refractivity contribution is -0.275. The lowest BCUT2D eigenvalue weighted by Gasteiger charge is -2.23. The first-order valence-corrected chi connectivity index (χ1v) is 38.1. The van der Waals surface area contributed by atoms with Gasteiger partial charge in [-0.25, -0.2) is 0 Å². The summed E-state index contributed by atoms with van der Waals surface area (Å²) in [7, 11) is -0.154. The summed E-state index contributed by atoms with van der Waals surface area (Å²) in [4.78, 5) is 13.6. The van der Waals surface area contributed by atoms with E-state index in [-0.39, 0.29) is 10.9 Å². The summed E-state index contributed by atoms with van der Waals surface area (Å²) in [5.74, 6) is 0. The first-order valence-electron chi connectivity index (χ1n) is 36.8. The molecule has 0 amide bonds. The second kappa shape index (κ2) is 55.8. The minimum absolute atomic E-state index is 0.154. The van der Waals surface area contributed by atoms with Gasteiger partial charge in [-0.3, -0.25) is 0 Å². The van der Waals surface area contributed by atoms with E-state index in [4.69, 9.17) is 15.0 Å². The number of aryl methyl sites for hydroxylation is 6. The Morgan fingerprint density at radius 3 is 0.687 bits per heavy atom. The van der Waals surface area contributed by atoms with E-state index in [9.17, 15) is 0 Å². The second-order valence-electron chi connectivity index (χ2n) is 25.7. The Morgan fingerprint density at radius 2 is 0.482 bits per heavy atom. The molecule has 0 bridgehead atoms. The monoisotopic (exact) mass is 1170 g/mol. The molecule has 3 rings (SSSR count). The highest BCUT2D eigenvalue weighted by molar-refractivity contribution is 7.97. The molecule has 3 nitrogen and oxygen atoms in total. The first-order chi connectivity index (χ1) is 40.8. The topological polar surface area (TPSA) is 60.4 Å². The average molecular weight is 1170 g/mol. The van der Waals surface area contributed by atoms with Crippen LogP contribution in [0.2, 0.25) is 0 Å². The van der Waals surface area contributed by atoms with E-state index >= 15 is 0 Å². The fraction of sp³-hybridized carbons (Fsp3) is 0.759. The Kier molecular flexibility index (Phi) is 51.4. The largest absolute Gasteiger partial charge is 0.565 e. The molecule has 0 radical (unpaired) electrons. The van der Waals surface area contributed by atoms with Crippen LogP contribution in [-0.4, -0.2) is 11.3 Å². The predicted octanol–water partition coefficient (Wildman–Crippen LogP) is 25.8. The number of unbranched alkanes of at least 4 members (excludes halogenated alkanes) is 42. The highest BCUT2D eigenvalue weighted by Gasteiger charge is 2.38. The van der Waals surface area contributed by atoms with Crippen molar-refractivity contribution in [3.8, 4) is 0 Å². The average Bonchev–Trinajstić information content (AvgIpc) is 3.68. The maximum Gasteiger partial charge on any atom is 0.249 e. The Morgan fingerprint density at radius 1 is 0.301 bits per heavy atom. The minimum Gasteiger partial charge on any atom is -0.565 e. The van der Waals surface area contributed by atoms with Crippen LogP contribution in [0.25, 0.3) is 0 Å². The SMILES string of the molecule is CCCCCCCCCCc1cc(CCCCCCCCCC)c([S+](c2ccccc2)c2c(CCCCCCCCCC)cc(CCCCCCCCCC)cc2CCCCCCCCCC)c(CCCCCCCCCC)c1.O=C([O-])O. The van der Waals surface area contributed by atoms with Crippen molar-refractivity contribution in [2.24, 2.45) is 0 Å². The maximum absolute atomic E-state index is 8.44. The molecule has 83 heavy (non-hydrogen) atoms. The molecule has 476 valence electrons. The van der Waals surface area contributed by atoms with E-state index in [1.165, 1.54) is 347 Å². The van der Waals surface area contributed by atoms with Crippen LogP contribution in [0.1, 0.15) is 383 Å². The molecule has 0 atom stereocenters. The maximum atomic E-state index is 8.44. The molecule has 0 heterocycles. The van der Waals surface area contributed by atoms with E-state index in [1.54, 1.807) is 48.1 Å². The van der Waals surface area contributed by atoms with Gasteiger partial charge in [-0.1, -0.05) is 354 Å². The van der Waals surface area contributed by atoms with Crippen LogP contribution in [0, 0.1) is 0 Å². The lowest BCUT2D eigenvalue weighted by Crippen LogP contribution is -2.17. The fourth-order valence-corrected chi connectivity index (χ4v) is 15.6. The van der Waals surface area contributed by atoms with Crippen molar-refractivity contribution in [2.75, 3.05) is 0 Å². The molecule has 3 aromatic rings. The Hall–Kier alpha value is -2.72. The van der Waals surface area contributed by atoms with E-state index in [1.807, 2.05) is 0 Å². The van der Waals surface area contributed by atoms with Gasteiger partial charge < -0.3 is 15.0 Å². The zero-order valence-corrected chi connectivity index (χ0v) is 56.9. The van der Waals surface area contributed by atoms with Crippen LogP contribution in [0.3, 0.4) is 0 Å². The number of benzene rings is 3. The van der Waals surface area contributed by atoms with Gasteiger partial charge in [-0.15, -0.1) is 0 Å². The third-order valence-corrected chi connectivity index (χ3v) is 20.4. The van der Waals surface area contributed by atoms with Crippen molar-refractivity contribution < 1.29 is 15.0 Å². The normalized spacial score (nSPS) is 11.5. The van der Waals surface area contributed by atoms with E-state index in [2.05, 4.69) is 96.1 Å². The van der Waals surface area contributed by atoms with Crippen molar-refractivity contribution in [2.45, 2.75) is 403 Å². The molecule has 0 aliphatic rings. The Balaban J connectivity index is 0.00000568. The summed E-state index contributed by atoms with van der Waals surface area (Å²) in [5, 5.41) is 15.3. The summed E-state index contributed by atoms with van der Waals surface area (Å²) in [6.45, 7) is 14.1. The molecular formula is C79H136O3S. The van der Waals surface area contributed by atoms with Crippen LogP contribution in [0.4, 0.5) is 4.79 Å². The summed E-state index contributed by atoms with van der Waals surface area (Å²) in [6, 6.07) is 23.5. The molecule has 0 saturated carbocycles. The molecule has 1 N–H and O–H groups in total. The van der Waals surface area contributed by atoms with Gasteiger partial charge in [0.05, 0.1) is 0 Å². The fourth-order valence-electron chi connectivity index (χ4n) is 12.8. The van der Waals surface area contributed by atoms with Gasteiger partial charge >= 0.3 is 0 Å². The summed E-state index contributed by atoms with van der Waals surface area (Å²) < 4.78 is 0. The molecule has 3 aromatic carbocycles. The summed E-state index contributed by atoms with van der Waals surface area (Å²) in [5.41, 5.74) is 10.3. The summed E-state index contributed by atoms with van der Waals surface area (Å²) in [6.07, 6.45) is 72.2. The van der Waals surface area contributed by atoms with Crippen molar-refractivity contribution in [3.63, 3.8) is 0 Å². The lowest BCUT2D eigenvalue weighted by atomic mass is 9.94. The molecule has 0 aliphatic carbocycles. The molecule has 0 fully saturated rings. The van der Waals surface area contributed by atoms with Crippen LogP contribution in [0.15, 0.2) is 69.3 Å². The molecule has 0 aliphatic heterocycles. The second-order valence-corrected chi connectivity index (χ2v) is 27.6. The molecule has 0 spiro atoms. The smallest absolute Gasteiger partial charge is 0.249 e. The molecule has 0 unspecified atom stereocenters. The quantitative estimate of drug-likeness (QED) is 0.0453. The standard InChI is InChI=1S/C78H135S.CH2O3/c1-7-13-19-25-31-37-43-50-58-70-66-72(60-52-45-39-33-27-21-15-9-3)77(73(67-70)61-53-46-40-34-28-22-16-10-4)79(76-64-56-49-57-65-76)78-74(62-54-47-41-35-29-23-17-11-5)68-71(59-51-44-38-32-26-20-14-8-2)69-75(78)63-55-48-42-36-30-24-18-12-6;2-1(3)4/h49,56-57,64-69H,7-48,50-55,58-63H2,1-6H3;(H2,2,3,4)/q+1;/p-1. The van der Waals surface area contributed by atoms with Crippen LogP contribution < -0.4 is 5.11 Å². The minimum atomic E-state index is -2.08. The highest BCUT2D eigenvalue weighted by Crippen LogP contribution is 2.43. The number of carboxylic acid groups (broad SMARTS) is 2. The van der Waals surface area contributed by atoms with Crippen molar-refractivity contribution in [1.29, 1.82) is 0 Å². The number of carbonyl (C=O) groups is 1. The molecular weight excluding hydrogens is 1030 g/mol. The third-order valence-electron chi connectivity index (χ3n) is 17.8. The van der Waals surface area contributed by atoms with E-state index in [0.717, 1.165) is 0 Å². The van der Waals surface area contributed by atoms with Gasteiger partial charge in [0.15, 0.2) is 14.7 Å².